The van der Waals surface area contributed by atoms with E-state index in [2.05, 4.69) is 57.0 Å². The summed E-state index contributed by atoms with van der Waals surface area (Å²) in [6.07, 6.45) is 12.0. The molecule has 0 amide bonds. The third-order valence-electron chi connectivity index (χ3n) is 9.13. The van der Waals surface area contributed by atoms with Gasteiger partial charge in [0.05, 0.1) is 0 Å². The zero-order valence-electron chi connectivity index (χ0n) is 20.2. The van der Waals surface area contributed by atoms with Crippen molar-refractivity contribution in [3.63, 3.8) is 0 Å². The molecule has 2 aromatic rings. The monoisotopic (exact) mass is 458 g/mol. The predicted octanol–water partition coefficient (Wildman–Crippen LogP) is 7.36. The van der Waals surface area contributed by atoms with E-state index >= 15 is 0 Å². The molecule has 0 saturated heterocycles. The third-order valence-corrected chi connectivity index (χ3v) is 10.0. The molecule has 0 aromatic carbocycles. The Labute approximate surface area is 201 Å². The molecule has 0 spiro atoms. The average Bonchev–Trinajstić information content (AvgIpc) is 3.33. The van der Waals surface area contributed by atoms with Crippen molar-refractivity contribution in [2.24, 2.45) is 23.2 Å². The van der Waals surface area contributed by atoms with Crippen molar-refractivity contribution in [3.8, 4) is 16.5 Å². The van der Waals surface area contributed by atoms with Gasteiger partial charge in [-0.2, -0.15) is 5.26 Å². The number of nitriles is 1. The average molecular weight is 459 g/mol. The lowest BCUT2D eigenvalue weighted by molar-refractivity contribution is -0.0106. The van der Waals surface area contributed by atoms with E-state index in [9.17, 15) is 10.1 Å². The Balaban J connectivity index is 1.61. The quantitative estimate of drug-likeness (QED) is 0.522. The number of allylic oxidation sites excluding steroid dienone is 4. The molecule has 4 heteroatoms. The van der Waals surface area contributed by atoms with E-state index in [1.165, 1.54) is 25.7 Å². The molecule has 0 unspecified atom stereocenters. The van der Waals surface area contributed by atoms with Gasteiger partial charge in [0.1, 0.15) is 11.6 Å². The number of aromatic nitrogens is 1. The van der Waals surface area contributed by atoms with E-state index in [1.807, 2.05) is 17.5 Å². The van der Waals surface area contributed by atoms with Crippen LogP contribution in [-0.2, 0) is 5.41 Å². The Morgan fingerprint density at radius 3 is 2.79 bits per heavy atom. The van der Waals surface area contributed by atoms with Crippen LogP contribution >= 0.6 is 11.3 Å². The van der Waals surface area contributed by atoms with Crippen LogP contribution in [0.2, 0.25) is 0 Å². The molecular formula is C29H34N2OS. The fraction of sp³-hybridized carbons (Fsp3) is 0.517. The van der Waals surface area contributed by atoms with Gasteiger partial charge in [0.25, 0.3) is 5.56 Å². The first kappa shape index (κ1) is 22.4. The molecule has 5 rings (SSSR count). The second-order valence-electron chi connectivity index (χ2n) is 11.1. The summed E-state index contributed by atoms with van der Waals surface area (Å²) in [6, 6.07) is 8.27. The first-order valence-electron chi connectivity index (χ1n) is 12.4. The minimum Gasteiger partial charge on any atom is -0.324 e. The van der Waals surface area contributed by atoms with Crippen molar-refractivity contribution in [2.75, 3.05) is 0 Å². The topological polar surface area (TPSA) is 56.6 Å². The van der Waals surface area contributed by atoms with Crippen molar-refractivity contribution in [1.82, 2.24) is 4.98 Å². The summed E-state index contributed by atoms with van der Waals surface area (Å²) in [5, 5.41) is 11.7. The normalized spacial score (nSPS) is 31.3. The highest BCUT2D eigenvalue weighted by molar-refractivity contribution is 7.13. The lowest BCUT2D eigenvalue weighted by Crippen LogP contribution is -2.52. The molecule has 4 atom stereocenters. The molecule has 1 saturated carbocycles. The SMILES string of the molecule is CC(C)C1=CC2=CC[C@@H]3[C@](C)(CCC[C@@]3(C)c3cc(-c4cccs4)c(C#N)c(=O)[nH]3)[C@H]2CC1. The van der Waals surface area contributed by atoms with Gasteiger partial charge in [-0.1, -0.05) is 57.9 Å². The molecule has 3 aliphatic carbocycles. The summed E-state index contributed by atoms with van der Waals surface area (Å²) >= 11 is 1.59. The lowest BCUT2D eigenvalue weighted by atomic mass is 9.46. The molecule has 172 valence electrons. The van der Waals surface area contributed by atoms with Crippen LogP contribution in [0.3, 0.4) is 0 Å². The molecular weight excluding hydrogens is 424 g/mol. The molecule has 1 N–H and O–H groups in total. The maximum atomic E-state index is 13.0. The summed E-state index contributed by atoms with van der Waals surface area (Å²) in [4.78, 5) is 17.2. The van der Waals surface area contributed by atoms with Crippen molar-refractivity contribution in [2.45, 2.75) is 71.6 Å². The second-order valence-corrected chi connectivity index (χ2v) is 12.1. The van der Waals surface area contributed by atoms with Crippen molar-refractivity contribution < 1.29 is 0 Å². The van der Waals surface area contributed by atoms with Gasteiger partial charge in [-0.15, -0.1) is 11.3 Å². The van der Waals surface area contributed by atoms with Gasteiger partial charge in [0, 0.05) is 21.5 Å². The van der Waals surface area contributed by atoms with Gasteiger partial charge >= 0.3 is 0 Å². The van der Waals surface area contributed by atoms with E-state index in [1.54, 1.807) is 22.5 Å². The summed E-state index contributed by atoms with van der Waals surface area (Å²) in [6.45, 7) is 9.50. The zero-order chi connectivity index (χ0) is 23.4. The highest BCUT2D eigenvalue weighted by Crippen LogP contribution is 2.62. The molecule has 1 fully saturated rings. The van der Waals surface area contributed by atoms with Crippen LogP contribution < -0.4 is 5.56 Å². The second kappa shape index (κ2) is 8.13. The van der Waals surface area contributed by atoms with Crippen LogP contribution in [0, 0.1) is 34.5 Å². The Bertz CT molecular complexity index is 1230. The van der Waals surface area contributed by atoms with Crippen LogP contribution in [0.15, 0.2) is 51.7 Å². The van der Waals surface area contributed by atoms with Crippen molar-refractivity contribution in [3.05, 3.63) is 68.5 Å². The summed E-state index contributed by atoms with van der Waals surface area (Å²) in [7, 11) is 0. The van der Waals surface area contributed by atoms with Crippen LogP contribution in [0.25, 0.3) is 10.4 Å². The number of fused-ring (bicyclic) bond motifs is 3. The highest BCUT2D eigenvalue weighted by atomic mass is 32.1. The number of thiophene rings is 1. The van der Waals surface area contributed by atoms with Gasteiger partial charge in [-0.05, 0) is 78.4 Å². The summed E-state index contributed by atoms with van der Waals surface area (Å²) in [5.74, 6) is 1.69. The van der Waals surface area contributed by atoms with Crippen molar-refractivity contribution in [1.29, 1.82) is 5.26 Å². The van der Waals surface area contributed by atoms with E-state index in [0.717, 1.165) is 29.0 Å². The molecule has 33 heavy (non-hydrogen) atoms. The van der Waals surface area contributed by atoms with Crippen LogP contribution in [0.4, 0.5) is 0 Å². The zero-order valence-corrected chi connectivity index (χ0v) is 21.0. The number of hydrogen-bond acceptors (Lipinski definition) is 3. The smallest absolute Gasteiger partial charge is 0.266 e. The van der Waals surface area contributed by atoms with Gasteiger partial charge < -0.3 is 4.98 Å². The maximum absolute atomic E-state index is 13.0. The van der Waals surface area contributed by atoms with Gasteiger partial charge in [-0.25, -0.2) is 0 Å². The Hall–Kier alpha value is -2.38. The highest BCUT2D eigenvalue weighted by Gasteiger charge is 2.55. The maximum Gasteiger partial charge on any atom is 0.266 e. The van der Waals surface area contributed by atoms with E-state index in [0.29, 0.717) is 17.8 Å². The van der Waals surface area contributed by atoms with Gasteiger partial charge in [0.15, 0.2) is 0 Å². The fourth-order valence-electron chi connectivity index (χ4n) is 7.27. The minimum atomic E-state index is -0.249. The largest absolute Gasteiger partial charge is 0.324 e. The van der Waals surface area contributed by atoms with E-state index in [-0.39, 0.29) is 22.0 Å². The van der Waals surface area contributed by atoms with E-state index in [4.69, 9.17) is 0 Å². The predicted molar refractivity (Wildman–Crippen MR) is 136 cm³/mol. The van der Waals surface area contributed by atoms with Gasteiger partial charge in [0.2, 0.25) is 0 Å². The number of nitrogens with one attached hydrogen (secondary N) is 1. The minimum absolute atomic E-state index is 0.115. The number of H-pyrrole nitrogens is 1. The van der Waals surface area contributed by atoms with Crippen molar-refractivity contribution >= 4 is 11.3 Å². The van der Waals surface area contributed by atoms with Crippen LogP contribution in [0.1, 0.15) is 77.5 Å². The molecule has 0 aliphatic heterocycles. The lowest BCUT2D eigenvalue weighted by Gasteiger charge is -2.58. The number of pyridine rings is 1. The molecule has 0 bridgehead atoms. The Morgan fingerprint density at radius 2 is 2.09 bits per heavy atom. The third kappa shape index (κ3) is 3.48. The van der Waals surface area contributed by atoms with Gasteiger partial charge in [-0.3, -0.25) is 4.79 Å². The molecule has 0 radical (unpaired) electrons. The number of hydrogen-bond donors (Lipinski definition) is 1. The molecule has 3 nitrogen and oxygen atoms in total. The number of nitrogens with zero attached hydrogens (tertiary/aromatic N) is 1. The molecule has 2 heterocycles. The Morgan fingerprint density at radius 1 is 1.27 bits per heavy atom. The standard InChI is InChI=1S/C29H34N2OS/c1-18(2)19-8-10-23-20(15-19)9-11-25-28(23,3)12-6-13-29(25,4)26-16-21(24-7-5-14-33-24)22(17-30)27(32)31-26/h5,7,9,14-16,18,23,25H,6,8,10-13H2,1-4H3,(H,31,32)/t23-,25+,28+,29+/m0/s1. The van der Waals surface area contributed by atoms with E-state index < -0.39 is 0 Å². The Kier molecular flexibility index (Phi) is 5.52. The fourth-order valence-corrected chi connectivity index (χ4v) is 8.02. The number of rotatable bonds is 3. The summed E-state index contributed by atoms with van der Waals surface area (Å²) in [5.41, 5.74) is 5.04. The number of aromatic amines is 1. The van der Waals surface area contributed by atoms with Crippen LogP contribution in [0.5, 0.6) is 0 Å². The summed E-state index contributed by atoms with van der Waals surface area (Å²) < 4.78 is 0. The first-order chi connectivity index (χ1) is 15.8. The van der Waals surface area contributed by atoms with Crippen LogP contribution in [-0.4, -0.2) is 4.98 Å². The molecule has 2 aromatic heterocycles. The molecule has 3 aliphatic rings. The first-order valence-corrected chi connectivity index (χ1v) is 13.3.